The van der Waals surface area contributed by atoms with Crippen molar-refractivity contribution in [3.63, 3.8) is 0 Å². The highest BCUT2D eigenvalue weighted by atomic mass is 35.5. The van der Waals surface area contributed by atoms with Crippen LogP contribution in [0.25, 0.3) is 0 Å². The van der Waals surface area contributed by atoms with Crippen molar-refractivity contribution in [3.8, 4) is 0 Å². The van der Waals surface area contributed by atoms with Crippen LogP contribution >= 0.6 is 11.6 Å². The summed E-state index contributed by atoms with van der Waals surface area (Å²) in [5.74, 6) is 0. The molecule has 1 unspecified atom stereocenters. The number of aliphatic hydroxyl groups excluding tert-OH is 4. The van der Waals surface area contributed by atoms with Gasteiger partial charge in [-0.15, -0.1) is 0 Å². The Hall–Kier alpha value is 0.0900. The number of rotatable bonds is 1. The van der Waals surface area contributed by atoms with Crippen molar-refractivity contribution < 1.29 is 25.2 Å². The topological polar surface area (TPSA) is 90.2 Å². The summed E-state index contributed by atoms with van der Waals surface area (Å²) in [5.41, 5.74) is -1.10. The molecule has 1 saturated heterocycles. The van der Waals surface area contributed by atoms with Gasteiger partial charge in [0.15, 0.2) is 5.56 Å². The van der Waals surface area contributed by atoms with E-state index in [-0.39, 0.29) is 0 Å². The summed E-state index contributed by atoms with van der Waals surface area (Å²) in [6.45, 7) is -0.450. The molecule has 1 fully saturated rings. The lowest BCUT2D eigenvalue weighted by Crippen LogP contribution is -2.56. The molecule has 0 radical (unpaired) electrons. The number of alkyl halides is 1. The zero-order valence-corrected chi connectivity index (χ0v) is 6.92. The summed E-state index contributed by atoms with van der Waals surface area (Å²) in [7, 11) is 0. The fourth-order valence-corrected chi connectivity index (χ4v) is 1.34. The number of halogens is 1. The Morgan fingerprint density at radius 1 is 1.08 bits per heavy atom. The molecule has 0 bridgehead atoms. The van der Waals surface area contributed by atoms with Gasteiger partial charge in [0.1, 0.15) is 24.4 Å². The second-order valence-electron chi connectivity index (χ2n) is 2.68. The van der Waals surface area contributed by atoms with E-state index in [2.05, 4.69) is 0 Å². The lowest BCUT2D eigenvalue weighted by atomic mass is 10.0. The van der Waals surface area contributed by atoms with Crippen LogP contribution in [0.2, 0.25) is 0 Å². The second-order valence-corrected chi connectivity index (χ2v) is 3.11. The molecule has 1 rings (SSSR count). The van der Waals surface area contributed by atoms with Gasteiger partial charge in [-0.25, -0.2) is 0 Å². The Balaban J connectivity index is 2.63. The van der Waals surface area contributed by atoms with E-state index in [0.717, 1.165) is 0 Å². The van der Waals surface area contributed by atoms with Crippen molar-refractivity contribution in [2.45, 2.75) is 30.0 Å². The molecule has 0 aromatic heterocycles. The van der Waals surface area contributed by atoms with Gasteiger partial charge in [0.25, 0.3) is 0 Å². The highest BCUT2D eigenvalue weighted by Crippen LogP contribution is 2.22. The molecule has 0 aromatic carbocycles. The molecule has 6 heteroatoms. The van der Waals surface area contributed by atoms with Crippen LogP contribution in [0.4, 0.5) is 0 Å². The average molecular weight is 199 g/mol. The standard InChI is InChI=1S/C6H11ClO5/c7-6-5(11)4(10)3(9)2(1-8)12-6/h2-6,8-11H,1H2/t2-,3+,4-,5-,6?/m1/s1. The maximum Gasteiger partial charge on any atom is 0.160 e. The minimum absolute atomic E-state index is 0.450. The summed E-state index contributed by atoms with van der Waals surface area (Å²) >= 11 is 5.45. The molecule has 0 saturated carbocycles. The van der Waals surface area contributed by atoms with Gasteiger partial charge in [-0.3, -0.25) is 0 Å². The quantitative estimate of drug-likeness (QED) is 0.367. The van der Waals surface area contributed by atoms with E-state index in [4.69, 9.17) is 31.7 Å². The summed E-state index contributed by atoms with van der Waals surface area (Å²) in [4.78, 5) is 0. The third-order valence-corrected chi connectivity index (χ3v) is 2.20. The van der Waals surface area contributed by atoms with Crippen LogP contribution in [-0.4, -0.2) is 57.0 Å². The Morgan fingerprint density at radius 3 is 2.17 bits per heavy atom. The van der Waals surface area contributed by atoms with Gasteiger partial charge in [0.2, 0.25) is 0 Å². The van der Waals surface area contributed by atoms with Crippen LogP contribution in [0.3, 0.4) is 0 Å². The number of aliphatic hydroxyl groups is 4. The Bertz CT molecular complexity index is 150. The molecule has 4 N–H and O–H groups in total. The predicted octanol–water partition coefficient (Wildman–Crippen LogP) is -1.97. The van der Waals surface area contributed by atoms with Gasteiger partial charge < -0.3 is 25.2 Å². The van der Waals surface area contributed by atoms with Crippen LogP contribution in [0.15, 0.2) is 0 Å². The Kier molecular flexibility index (Phi) is 3.28. The average Bonchev–Trinajstić information content (AvgIpc) is 2.08. The third kappa shape index (κ3) is 1.71. The monoisotopic (exact) mass is 198 g/mol. The molecule has 5 atom stereocenters. The fraction of sp³-hybridized carbons (Fsp3) is 1.00. The van der Waals surface area contributed by atoms with Gasteiger partial charge in [-0.2, -0.15) is 0 Å². The van der Waals surface area contributed by atoms with Crippen LogP contribution in [0.5, 0.6) is 0 Å². The van der Waals surface area contributed by atoms with Crippen molar-refractivity contribution in [3.05, 3.63) is 0 Å². The molecule has 0 amide bonds. The molecule has 12 heavy (non-hydrogen) atoms. The van der Waals surface area contributed by atoms with Crippen molar-refractivity contribution in [2.24, 2.45) is 0 Å². The lowest BCUT2D eigenvalue weighted by Gasteiger charge is -2.37. The normalized spacial score (nSPS) is 49.2. The SMILES string of the molecule is OC[C@H]1OC(Cl)[C@H](O)[C@H](O)[C@H]1O. The first-order valence-electron chi connectivity index (χ1n) is 3.52. The molecule has 5 nitrogen and oxygen atoms in total. The molecule has 0 aliphatic carbocycles. The van der Waals surface area contributed by atoms with E-state index in [1.807, 2.05) is 0 Å². The zero-order valence-electron chi connectivity index (χ0n) is 6.17. The number of ether oxygens (including phenoxy) is 1. The first-order chi connectivity index (χ1) is 5.57. The molecular weight excluding hydrogens is 188 g/mol. The van der Waals surface area contributed by atoms with Crippen molar-refractivity contribution in [1.82, 2.24) is 0 Å². The minimum Gasteiger partial charge on any atom is -0.394 e. The van der Waals surface area contributed by atoms with E-state index in [0.29, 0.717) is 0 Å². The molecule has 1 aliphatic rings. The van der Waals surface area contributed by atoms with Gasteiger partial charge >= 0.3 is 0 Å². The predicted molar refractivity (Wildman–Crippen MR) is 39.6 cm³/mol. The van der Waals surface area contributed by atoms with Crippen molar-refractivity contribution in [2.75, 3.05) is 6.61 Å². The van der Waals surface area contributed by atoms with Crippen LogP contribution in [0.1, 0.15) is 0 Å². The van der Waals surface area contributed by atoms with Crippen LogP contribution in [-0.2, 0) is 4.74 Å². The van der Waals surface area contributed by atoms with E-state index in [1.165, 1.54) is 0 Å². The largest absolute Gasteiger partial charge is 0.394 e. The zero-order chi connectivity index (χ0) is 9.30. The summed E-state index contributed by atoms with van der Waals surface area (Å²) in [5, 5.41) is 36.0. The van der Waals surface area contributed by atoms with Gasteiger partial charge in [0, 0.05) is 0 Å². The molecule has 1 aliphatic heterocycles. The molecule has 0 aromatic rings. The van der Waals surface area contributed by atoms with E-state index < -0.39 is 36.6 Å². The maximum absolute atomic E-state index is 9.17. The van der Waals surface area contributed by atoms with E-state index >= 15 is 0 Å². The summed E-state index contributed by atoms with van der Waals surface area (Å²) < 4.78 is 4.79. The van der Waals surface area contributed by atoms with E-state index in [1.54, 1.807) is 0 Å². The highest BCUT2D eigenvalue weighted by Gasteiger charge is 2.42. The second kappa shape index (κ2) is 3.87. The number of hydrogen-bond donors (Lipinski definition) is 4. The smallest absolute Gasteiger partial charge is 0.160 e. The molecule has 72 valence electrons. The highest BCUT2D eigenvalue weighted by molar-refractivity contribution is 6.20. The third-order valence-electron chi connectivity index (χ3n) is 1.83. The Labute approximate surface area is 74.2 Å². The molecule has 1 heterocycles. The first kappa shape index (κ1) is 10.2. The van der Waals surface area contributed by atoms with Gasteiger partial charge in [-0.1, -0.05) is 11.6 Å². The maximum atomic E-state index is 9.17. The fourth-order valence-electron chi connectivity index (χ4n) is 1.06. The summed E-state index contributed by atoms with van der Waals surface area (Å²) in [6.07, 6.45) is -4.95. The van der Waals surface area contributed by atoms with E-state index in [9.17, 15) is 5.11 Å². The van der Waals surface area contributed by atoms with Gasteiger partial charge in [-0.05, 0) is 0 Å². The first-order valence-corrected chi connectivity index (χ1v) is 3.96. The van der Waals surface area contributed by atoms with Crippen molar-refractivity contribution >= 4 is 11.6 Å². The van der Waals surface area contributed by atoms with Crippen LogP contribution in [0, 0.1) is 0 Å². The van der Waals surface area contributed by atoms with Gasteiger partial charge in [0.05, 0.1) is 6.61 Å². The molecular formula is C6H11ClO5. The minimum atomic E-state index is -1.38. The van der Waals surface area contributed by atoms with Crippen LogP contribution < -0.4 is 0 Å². The molecule has 0 spiro atoms. The number of hydrogen-bond acceptors (Lipinski definition) is 5. The van der Waals surface area contributed by atoms with Crippen molar-refractivity contribution in [1.29, 1.82) is 0 Å². The Morgan fingerprint density at radius 2 is 1.67 bits per heavy atom. The summed E-state index contributed by atoms with van der Waals surface area (Å²) in [6, 6.07) is 0. The lowest BCUT2D eigenvalue weighted by molar-refractivity contribution is -0.207.